The number of hydrogen-bond donors (Lipinski definition) is 2. The molecule has 32 heavy (non-hydrogen) atoms. The molecule has 2 aromatic carbocycles. The highest BCUT2D eigenvalue weighted by molar-refractivity contribution is 7.99. The average Bonchev–Trinajstić information content (AvgIpc) is 3.11. The summed E-state index contributed by atoms with van der Waals surface area (Å²) < 4.78 is 5.48. The van der Waals surface area contributed by atoms with Crippen molar-refractivity contribution in [1.29, 1.82) is 0 Å². The molecule has 7 nitrogen and oxygen atoms in total. The normalized spacial score (nSPS) is 17.4. The lowest BCUT2D eigenvalue weighted by atomic mass is 9.98. The molecular weight excluding hydrogens is 428 g/mol. The van der Waals surface area contributed by atoms with Crippen LogP contribution in [0.4, 0.5) is 4.79 Å². The van der Waals surface area contributed by atoms with Crippen LogP contribution in [0.25, 0.3) is 11.1 Å². The van der Waals surface area contributed by atoms with Gasteiger partial charge in [-0.2, -0.15) is 11.8 Å². The number of carbonyl (C=O) groups is 3. The Labute approximate surface area is 191 Å². The van der Waals surface area contributed by atoms with E-state index < -0.39 is 12.1 Å². The number of thioether (sulfide) groups is 1. The smallest absolute Gasteiger partial charge is 0.407 e. The number of aliphatic carboxylic acids is 1. The monoisotopic (exact) mass is 454 g/mol. The van der Waals surface area contributed by atoms with Crippen molar-refractivity contribution in [3.63, 3.8) is 0 Å². The number of amides is 2. The maximum atomic E-state index is 12.5. The van der Waals surface area contributed by atoms with Gasteiger partial charge in [0.25, 0.3) is 0 Å². The second-order valence-electron chi connectivity index (χ2n) is 7.92. The van der Waals surface area contributed by atoms with Crippen LogP contribution in [-0.2, 0) is 14.3 Å². The van der Waals surface area contributed by atoms with E-state index in [9.17, 15) is 14.4 Å². The molecule has 0 bridgehead atoms. The SMILES string of the molecule is O=C(O)CC1CSCCN1C(=O)CCNC(=O)OCC1c2ccccc2-c2ccccc21. The van der Waals surface area contributed by atoms with Gasteiger partial charge in [-0.1, -0.05) is 48.5 Å². The molecule has 1 heterocycles. The van der Waals surface area contributed by atoms with Crippen molar-refractivity contribution >= 4 is 29.7 Å². The number of alkyl carbamates (subject to hydrolysis) is 1. The summed E-state index contributed by atoms with van der Waals surface area (Å²) in [6.07, 6.45) is -0.500. The third kappa shape index (κ3) is 4.91. The molecule has 1 saturated heterocycles. The molecule has 8 heteroatoms. The summed E-state index contributed by atoms with van der Waals surface area (Å²) in [6.45, 7) is 0.906. The first-order chi connectivity index (χ1) is 15.5. The van der Waals surface area contributed by atoms with E-state index in [0.29, 0.717) is 12.3 Å². The van der Waals surface area contributed by atoms with Gasteiger partial charge in [0.2, 0.25) is 5.91 Å². The van der Waals surface area contributed by atoms with Crippen molar-refractivity contribution in [2.45, 2.75) is 24.8 Å². The van der Waals surface area contributed by atoms with Gasteiger partial charge in [-0.25, -0.2) is 4.79 Å². The Morgan fingerprint density at radius 2 is 1.72 bits per heavy atom. The Morgan fingerprint density at radius 1 is 1.06 bits per heavy atom. The van der Waals surface area contributed by atoms with Crippen molar-refractivity contribution in [1.82, 2.24) is 10.2 Å². The number of rotatable bonds is 7. The highest BCUT2D eigenvalue weighted by atomic mass is 32.2. The van der Waals surface area contributed by atoms with Crippen LogP contribution >= 0.6 is 11.8 Å². The molecule has 0 saturated carbocycles. The second-order valence-corrected chi connectivity index (χ2v) is 9.07. The number of benzene rings is 2. The Bertz CT molecular complexity index is 966. The largest absolute Gasteiger partial charge is 0.481 e. The number of carbonyl (C=O) groups excluding carboxylic acids is 2. The van der Waals surface area contributed by atoms with Gasteiger partial charge in [0.1, 0.15) is 6.61 Å². The van der Waals surface area contributed by atoms with Crippen molar-refractivity contribution in [2.75, 3.05) is 31.2 Å². The maximum Gasteiger partial charge on any atom is 0.407 e. The zero-order valence-electron chi connectivity index (χ0n) is 17.7. The highest BCUT2D eigenvalue weighted by Crippen LogP contribution is 2.44. The summed E-state index contributed by atoms with van der Waals surface area (Å²) in [5.74, 6) is 0.347. The summed E-state index contributed by atoms with van der Waals surface area (Å²) >= 11 is 1.66. The minimum absolute atomic E-state index is 0.0163. The molecule has 0 aromatic heterocycles. The average molecular weight is 455 g/mol. The molecule has 4 rings (SSSR count). The van der Waals surface area contributed by atoms with Crippen molar-refractivity contribution in [3.8, 4) is 11.1 Å². The number of carboxylic acids is 1. The van der Waals surface area contributed by atoms with E-state index in [4.69, 9.17) is 9.84 Å². The number of hydrogen-bond acceptors (Lipinski definition) is 5. The summed E-state index contributed by atoms with van der Waals surface area (Å²) in [7, 11) is 0. The first-order valence-electron chi connectivity index (χ1n) is 10.7. The summed E-state index contributed by atoms with van der Waals surface area (Å²) in [6, 6.07) is 16.0. The van der Waals surface area contributed by atoms with Gasteiger partial charge in [0.15, 0.2) is 0 Å². The lowest BCUT2D eigenvalue weighted by Gasteiger charge is -2.34. The number of nitrogens with zero attached hydrogens (tertiary/aromatic N) is 1. The van der Waals surface area contributed by atoms with Crippen LogP contribution < -0.4 is 5.32 Å². The molecule has 2 amide bonds. The van der Waals surface area contributed by atoms with Crippen LogP contribution in [0.15, 0.2) is 48.5 Å². The fraction of sp³-hybridized carbons (Fsp3) is 0.375. The molecule has 1 unspecified atom stereocenters. The molecular formula is C24H26N2O5S. The molecule has 1 aliphatic heterocycles. The van der Waals surface area contributed by atoms with Gasteiger partial charge in [0, 0.05) is 36.9 Å². The van der Waals surface area contributed by atoms with E-state index in [2.05, 4.69) is 29.6 Å². The summed E-state index contributed by atoms with van der Waals surface area (Å²) in [5.41, 5.74) is 4.62. The number of fused-ring (bicyclic) bond motifs is 3. The molecule has 2 aliphatic rings. The first kappa shape index (κ1) is 22.2. The Kier molecular flexibility index (Phi) is 6.99. The topological polar surface area (TPSA) is 95.9 Å². The van der Waals surface area contributed by atoms with Crippen LogP contribution in [0.1, 0.15) is 29.9 Å². The Morgan fingerprint density at radius 3 is 2.38 bits per heavy atom. The summed E-state index contributed by atoms with van der Waals surface area (Å²) in [4.78, 5) is 37.5. The van der Waals surface area contributed by atoms with Crippen LogP contribution in [-0.4, -0.2) is 65.2 Å². The van der Waals surface area contributed by atoms with Gasteiger partial charge >= 0.3 is 12.1 Å². The van der Waals surface area contributed by atoms with Crippen molar-refractivity contribution in [2.24, 2.45) is 0 Å². The number of ether oxygens (including phenoxy) is 1. The predicted molar refractivity (Wildman–Crippen MR) is 123 cm³/mol. The highest BCUT2D eigenvalue weighted by Gasteiger charge is 2.30. The Balaban J connectivity index is 1.27. The van der Waals surface area contributed by atoms with Crippen molar-refractivity contribution < 1.29 is 24.2 Å². The number of nitrogens with one attached hydrogen (secondary N) is 1. The fourth-order valence-corrected chi connectivity index (χ4v) is 5.48. The lowest BCUT2D eigenvalue weighted by molar-refractivity contribution is -0.140. The number of carboxylic acid groups (broad SMARTS) is 1. The minimum atomic E-state index is -0.910. The molecule has 2 aromatic rings. The van der Waals surface area contributed by atoms with Gasteiger partial charge < -0.3 is 20.1 Å². The quantitative estimate of drug-likeness (QED) is 0.666. The molecule has 1 atom stereocenters. The third-order valence-corrected chi connectivity index (χ3v) is 7.00. The van der Waals surface area contributed by atoms with Crippen LogP contribution in [0, 0.1) is 0 Å². The van der Waals surface area contributed by atoms with E-state index in [1.165, 1.54) is 11.1 Å². The second kappa shape index (κ2) is 10.1. The lowest BCUT2D eigenvalue weighted by Crippen LogP contribution is -2.47. The standard InChI is InChI=1S/C24H26N2O5S/c27-22(26-11-12-32-15-16(26)13-23(28)29)9-10-25-24(30)31-14-21-19-7-3-1-5-17(19)18-6-2-4-8-20(18)21/h1-8,16,21H,9-15H2,(H,25,30)(H,28,29). The van der Waals surface area contributed by atoms with Gasteiger partial charge in [-0.05, 0) is 22.3 Å². The molecule has 1 aliphatic carbocycles. The first-order valence-corrected chi connectivity index (χ1v) is 11.9. The predicted octanol–water partition coefficient (Wildman–Crippen LogP) is 3.33. The van der Waals surface area contributed by atoms with Crippen molar-refractivity contribution in [3.05, 3.63) is 59.7 Å². The zero-order chi connectivity index (χ0) is 22.5. The van der Waals surface area contributed by atoms with E-state index in [0.717, 1.165) is 16.9 Å². The van der Waals surface area contributed by atoms with Crippen LogP contribution in [0.5, 0.6) is 0 Å². The van der Waals surface area contributed by atoms with E-state index in [1.807, 2.05) is 24.3 Å². The molecule has 168 valence electrons. The van der Waals surface area contributed by atoms with Crippen LogP contribution in [0.3, 0.4) is 0 Å². The molecule has 1 fully saturated rings. The Hall–Kier alpha value is -3.00. The molecule has 0 spiro atoms. The van der Waals surface area contributed by atoms with E-state index in [1.54, 1.807) is 16.7 Å². The summed E-state index contributed by atoms with van der Waals surface area (Å²) in [5, 5.41) is 11.7. The van der Waals surface area contributed by atoms with Crippen LogP contribution in [0.2, 0.25) is 0 Å². The van der Waals surface area contributed by atoms with Gasteiger partial charge in [-0.3, -0.25) is 9.59 Å². The van der Waals surface area contributed by atoms with Gasteiger partial charge in [0.05, 0.1) is 12.5 Å². The molecule has 2 N–H and O–H groups in total. The molecule has 0 radical (unpaired) electrons. The third-order valence-electron chi connectivity index (χ3n) is 5.91. The van der Waals surface area contributed by atoms with E-state index in [-0.39, 0.29) is 43.9 Å². The minimum Gasteiger partial charge on any atom is -0.481 e. The van der Waals surface area contributed by atoms with E-state index >= 15 is 0 Å². The fourth-order valence-electron chi connectivity index (χ4n) is 4.42. The maximum absolute atomic E-state index is 12.5. The zero-order valence-corrected chi connectivity index (χ0v) is 18.5. The van der Waals surface area contributed by atoms with Gasteiger partial charge in [-0.15, -0.1) is 0 Å².